The number of ether oxygens (including phenoxy) is 1. The predicted molar refractivity (Wildman–Crippen MR) is 108 cm³/mol. The van der Waals surface area contributed by atoms with Crippen molar-refractivity contribution in [2.24, 2.45) is 0 Å². The number of aromatic hydroxyl groups is 1. The first-order chi connectivity index (χ1) is 14.7. The minimum absolute atomic E-state index is 0.100. The van der Waals surface area contributed by atoms with Gasteiger partial charge < -0.3 is 9.84 Å². The summed E-state index contributed by atoms with van der Waals surface area (Å²) in [5, 5.41) is 15.1. The molecule has 0 unspecified atom stereocenters. The average Bonchev–Trinajstić information content (AvgIpc) is 3.23. The Bertz CT molecular complexity index is 1260. The molecule has 0 atom stereocenters. The number of halogens is 3. The molecule has 1 N–H and O–H groups in total. The molecule has 7 nitrogen and oxygen atoms in total. The van der Waals surface area contributed by atoms with Gasteiger partial charge in [-0.2, -0.15) is 18.3 Å². The van der Waals surface area contributed by atoms with E-state index in [-0.39, 0.29) is 5.88 Å². The topological polar surface area (TPSA) is 78.0 Å². The Labute approximate surface area is 175 Å². The molecule has 10 heteroatoms. The van der Waals surface area contributed by atoms with Gasteiger partial charge in [0.05, 0.1) is 41.3 Å². The van der Waals surface area contributed by atoms with Gasteiger partial charge in [-0.25, -0.2) is 4.98 Å². The summed E-state index contributed by atoms with van der Waals surface area (Å²) in [6.45, 7) is 4.76. The van der Waals surface area contributed by atoms with E-state index >= 15 is 0 Å². The van der Waals surface area contributed by atoms with E-state index in [0.717, 1.165) is 15.8 Å². The van der Waals surface area contributed by atoms with Gasteiger partial charge >= 0.3 is 6.18 Å². The number of aryl methyl sites for hydroxylation is 2. The standard InChI is InChI=1S/C21H20F3N5O2/c1-4-31-16-6-14(7-25-9-16)17-5-12(2)18-19(27-17)13(3)29(20(18)30)15-8-26-28(10-15)11-21(22,23)24/h5-10,30H,4,11H2,1-3H3. The fourth-order valence-corrected chi connectivity index (χ4v) is 3.60. The highest BCUT2D eigenvalue weighted by molar-refractivity contribution is 5.93. The van der Waals surface area contributed by atoms with Crippen molar-refractivity contribution in [3.8, 4) is 28.6 Å². The second kappa shape index (κ2) is 7.60. The highest BCUT2D eigenvalue weighted by atomic mass is 19.4. The van der Waals surface area contributed by atoms with Gasteiger partial charge in [-0.3, -0.25) is 14.2 Å². The van der Waals surface area contributed by atoms with Crippen molar-refractivity contribution in [2.75, 3.05) is 6.61 Å². The third-order valence-electron chi connectivity index (χ3n) is 4.87. The van der Waals surface area contributed by atoms with Crippen LogP contribution >= 0.6 is 0 Å². The molecular formula is C21H20F3N5O2. The zero-order chi connectivity index (χ0) is 22.3. The lowest BCUT2D eigenvalue weighted by atomic mass is 10.1. The third-order valence-corrected chi connectivity index (χ3v) is 4.87. The molecule has 0 spiro atoms. The summed E-state index contributed by atoms with van der Waals surface area (Å²) >= 11 is 0. The molecule has 0 saturated heterocycles. The number of alkyl halides is 3. The normalized spacial score (nSPS) is 11.9. The zero-order valence-electron chi connectivity index (χ0n) is 17.1. The fraction of sp³-hybridized carbons (Fsp3) is 0.286. The van der Waals surface area contributed by atoms with Crippen LogP contribution in [0.3, 0.4) is 0 Å². The predicted octanol–water partition coefficient (Wildman–Crippen LogP) is 4.57. The Kier molecular flexibility index (Phi) is 5.08. The Morgan fingerprint density at radius 1 is 1.13 bits per heavy atom. The average molecular weight is 431 g/mol. The molecule has 0 saturated carbocycles. The van der Waals surface area contributed by atoms with Crippen molar-refractivity contribution >= 4 is 10.9 Å². The van der Waals surface area contributed by atoms with E-state index in [9.17, 15) is 18.3 Å². The number of nitrogens with zero attached hydrogens (tertiary/aromatic N) is 5. The number of hydrogen-bond donors (Lipinski definition) is 1. The van der Waals surface area contributed by atoms with E-state index in [0.29, 0.717) is 40.3 Å². The molecule has 0 amide bonds. The maximum atomic E-state index is 12.7. The van der Waals surface area contributed by atoms with Crippen LogP contribution in [-0.2, 0) is 6.54 Å². The molecule has 0 aliphatic carbocycles. The van der Waals surface area contributed by atoms with Crippen molar-refractivity contribution in [2.45, 2.75) is 33.5 Å². The highest BCUT2D eigenvalue weighted by Gasteiger charge is 2.29. The van der Waals surface area contributed by atoms with Crippen LogP contribution in [0.25, 0.3) is 27.8 Å². The summed E-state index contributed by atoms with van der Waals surface area (Å²) in [4.78, 5) is 8.89. The molecule has 0 bridgehead atoms. The molecule has 0 aromatic carbocycles. The van der Waals surface area contributed by atoms with Gasteiger partial charge in [0.1, 0.15) is 12.3 Å². The summed E-state index contributed by atoms with van der Waals surface area (Å²) in [5.41, 5.74) is 3.60. The summed E-state index contributed by atoms with van der Waals surface area (Å²) in [5.74, 6) is 0.519. The molecule has 4 heterocycles. The zero-order valence-corrected chi connectivity index (χ0v) is 17.1. The van der Waals surface area contributed by atoms with Crippen molar-refractivity contribution in [1.29, 1.82) is 0 Å². The second-order valence-electron chi connectivity index (χ2n) is 7.15. The van der Waals surface area contributed by atoms with E-state index in [1.807, 2.05) is 26.0 Å². The monoisotopic (exact) mass is 431 g/mol. The lowest BCUT2D eigenvalue weighted by Crippen LogP contribution is -2.17. The fourth-order valence-electron chi connectivity index (χ4n) is 3.60. The largest absolute Gasteiger partial charge is 0.494 e. The Balaban J connectivity index is 1.82. The first-order valence-corrected chi connectivity index (χ1v) is 9.57. The maximum Gasteiger partial charge on any atom is 0.408 e. The third kappa shape index (κ3) is 3.92. The van der Waals surface area contributed by atoms with E-state index in [4.69, 9.17) is 9.72 Å². The Hall–Kier alpha value is -3.56. The van der Waals surface area contributed by atoms with E-state index in [1.54, 1.807) is 19.3 Å². The molecule has 31 heavy (non-hydrogen) atoms. The van der Waals surface area contributed by atoms with Crippen molar-refractivity contribution in [3.05, 3.63) is 48.2 Å². The molecule has 0 fully saturated rings. The van der Waals surface area contributed by atoms with Crippen LogP contribution in [0.1, 0.15) is 18.2 Å². The van der Waals surface area contributed by atoms with Crippen molar-refractivity contribution < 1.29 is 23.0 Å². The molecule has 4 aromatic heterocycles. The minimum Gasteiger partial charge on any atom is -0.494 e. The molecule has 162 valence electrons. The minimum atomic E-state index is -4.39. The van der Waals surface area contributed by atoms with Crippen LogP contribution in [0.2, 0.25) is 0 Å². The van der Waals surface area contributed by atoms with Gasteiger partial charge in [-0.1, -0.05) is 0 Å². The number of pyridine rings is 2. The van der Waals surface area contributed by atoms with Crippen LogP contribution in [0.4, 0.5) is 13.2 Å². The Morgan fingerprint density at radius 3 is 2.61 bits per heavy atom. The molecule has 0 radical (unpaired) electrons. The highest BCUT2D eigenvalue weighted by Crippen LogP contribution is 2.37. The second-order valence-corrected chi connectivity index (χ2v) is 7.15. The van der Waals surface area contributed by atoms with Gasteiger partial charge in [-0.15, -0.1) is 0 Å². The number of aromatic nitrogens is 5. The molecule has 0 aliphatic rings. The summed E-state index contributed by atoms with van der Waals surface area (Å²) in [6.07, 6.45) is 1.42. The quantitative estimate of drug-likeness (QED) is 0.501. The maximum absolute atomic E-state index is 12.7. The molecule has 0 aliphatic heterocycles. The summed E-state index contributed by atoms with van der Waals surface area (Å²) < 4.78 is 45.8. The van der Waals surface area contributed by atoms with E-state index in [1.165, 1.54) is 17.0 Å². The first kappa shape index (κ1) is 20.7. The van der Waals surface area contributed by atoms with Gasteiger partial charge in [0, 0.05) is 23.7 Å². The van der Waals surface area contributed by atoms with Crippen LogP contribution in [0, 0.1) is 13.8 Å². The first-order valence-electron chi connectivity index (χ1n) is 9.57. The smallest absolute Gasteiger partial charge is 0.408 e. The van der Waals surface area contributed by atoms with Crippen LogP contribution in [0.5, 0.6) is 11.6 Å². The number of fused-ring (bicyclic) bond motifs is 1. The summed E-state index contributed by atoms with van der Waals surface area (Å²) in [6, 6.07) is 3.66. The Morgan fingerprint density at radius 2 is 1.90 bits per heavy atom. The summed E-state index contributed by atoms with van der Waals surface area (Å²) in [7, 11) is 0. The van der Waals surface area contributed by atoms with Gasteiger partial charge in [-0.05, 0) is 38.5 Å². The molecular weight excluding hydrogens is 411 g/mol. The number of hydrogen-bond acceptors (Lipinski definition) is 5. The SMILES string of the molecule is CCOc1cncc(-c2cc(C)c3c(O)n(-c4cnn(CC(F)(F)F)c4)c(C)c3n2)c1. The molecule has 4 rings (SSSR count). The lowest BCUT2D eigenvalue weighted by Gasteiger charge is -2.07. The number of rotatable bonds is 5. The van der Waals surface area contributed by atoms with E-state index < -0.39 is 12.7 Å². The van der Waals surface area contributed by atoms with Gasteiger partial charge in [0.25, 0.3) is 0 Å². The van der Waals surface area contributed by atoms with E-state index in [2.05, 4.69) is 10.1 Å². The van der Waals surface area contributed by atoms with Crippen LogP contribution in [0.15, 0.2) is 36.9 Å². The molecule has 4 aromatic rings. The lowest BCUT2D eigenvalue weighted by molar-refractivity contribution is -0.142. The van der Waals surface area contributed by atoms with Crippen LogP contribution in [-0.4, -0.2) is 42.2 Å². The van der Waals surface area contributed by atoms with Crippen molar-refractivity contribution in [3.63, 3.8) is 0 Å². The van der Waals surface area contributed by atoms with Gasteiger partial charge in [0.2, 0.25) is 5.88 Å². The van der Waals surface area contributed by atoms with Crippen molar-refractivity contribution in [1.82, 2.24) is 24.3 Å². The van der Waals surface area contributed by atoms with Gasteiger partial charge in [0.15, 0.2) is 0 Å². The van der Waals surface area contributed by atoms with Crippen LogP contribution < -0.4 is 4.74 Å².